The van der Waals surface area contributed by atoms with Gasteiger partial charge in [0.05, 0.1) is 0 Å². The number of nitrogen functional groups attached to an aromatic ring is 1. The summed E-state index contributed by atoms with van der Waals surface area (Å²) in [6, 6.07) is 5.61. The maximum Gasteiger partial charge on any atom is 0.230 e. The van der Waals surface area contributed by atoms with Crippen molar-refractivity contribution in [3.05, 3.63) is 23.8 Å². The van der Waals surface area contributed by atoms with Gasteiger partial charge in [-0.15, -0.1) is 0 Å². The van der Waals surface area contributed by atoms with Crippen LogP contribution in [-0.4, -0.2) is 5.91 Å². The lowest BCUT2D eigenvalue weighted by atomic mass is 9.81. The van der Waals surface area contributed by atoms with E-state index in [2.05, 4.69) is 5.32 Å². The van der Waals surface area contributed by atoms with Crippen molar-refractivity contribution in [3.63, 3.8) is 0 Å². The van der Waals surface area contributed by atoms with E-state index in [1.54, 1.807) is 0 Å². The molecule has 14 heavy (non-hydrogen) atoms. The van der Waals surface area contributed by atoms with E-state index in [1.165, 1.54) is 0 Å². The molecule has 0 atom stereocenters. The highest BCUT2D eigenvalue weighted by atomic mass is 16.2. The Morgan fingerprint density at radius 1 is 1.43 bits per heavy atom. The molecule has 1 heterocycles. The SMILES string of the molecule is CC1(C)Cc2c(N)cccc2NC1=O. The Labute approximate surface area is 83.3 Å². The number of benzene rings is 1. The molecule has 3 heteroatoms. The van der Waals surface area contributed by atoms with Gasteiger partial charge in [0, 0.05) is 16.8 Å². The van der Waals surface area contributed by atoms with Gasteiger partial charge in [-0.25, -0.2) is 0 Å². The van der Waals surface area contributed by atoms with Crippen molar-refractivity contribution in [2.75, 3.05) is 11.1 Å². The molecular formula is C11H14N2O. The van der Waals surface area contributed by atoms with Gasteiger partial charge in [0.1, 0.15) is 0 Å². The van der Waals surface area contributed by atoms with Crippen LogP contribution >= 0.6 is 0 Å². The predicted molar refractivity (Wildman–Crippen MR) is 57.0 cm³/mol. The number of rotatable bonds is 0. The number of amides is 1. The van der Waals surface area contributed by atoms with E-state index in [9.17, 15) is 4.79 Å². The first-order valence-electron chi connectivity index (χ1n) is 4.69. The molecular weight excluding hydrogens is 176 g/mol. The zero-order valence-electron chi connectivity index (χ0n) is 8.42. The third-order valence-corrected chi connectivity index (χ3v) is 2.69. The summed E-state index contributed by atoms with van der Waals surface area (Å²) in [6.45, 7) is 3.86. The first kappa shape index (κ1) is 9.06. The number of carbonyl (C=O) groups excluding carboxylic acids is 1. The number of carbonyl (C=O) groups is 1. The van der Waals surface area contributed by atoms with E-state index in [1.807, 2.05) is 32.0 Å². The molecule has 2 rings (SSSR count). The van der Waals surface area contributed by atoms with Crippen LogP contribution in [0.15, 0.2) is 18.2 Å². The maximum absolute atomic E-state index is 11.6. The second kappa shape index (κ2) is 2.74. The quantitative estimate of drug-likeness (QED) is 0.613. The summed E-state index contributed by atoms with van der Waals surface area (Å²) in [5.74, 6) is 0.0654. The van der Waals surface area contributed by atoms with E-state index in [0.29, 0.717) is 6.42 Å². The van der Waals surface area contributed by atoms with Crippen LogP contribution < -0.4 is 11.1 Å². The standard InChI is InChI=1S/C11H14N2O/c1-11(2)6-7-8(12)4-3-5-9(7)13-10(11)14/h3-5H,6,12H2,1-2H3,(H,13,14). The molecule has 1 aliphatic rings. The Balaban J connectivity index is 2.51. The average molecular weight is 190 g/mol. The molecule has 0 aromatic heterocycles. The molecule has 1 aromatic rings. The van der Waals surface area contributed by atoms with Gasteiger partial charge in [-0.2, -0.15) is 0 Å². The highest BCUT2D eigenvalue weighted by molar-refractivity contribution is 5.98. The van der Waals surface area contributed by atoms with Crippen molar-refractivity contribution in [1.82, 2.24) is 0 Å². The average Bonchev–Trinajstić information content (AvgIpc) is 2.09. The fourth-order valence-corrected chi connectivity index (χ4v) is 1.73. The van der Waals surface area contributed by atoms with Gasteiger partial charge in [0.25, 0.3) is 0 Å². The van der Waals surface area contributed by atoms with Gasteiger partial charge >= 0.3 is 0 Å². The fourth-order valence-electron chi connectivity index (χ4n) is 1.73. The third kappa shape index (κ3) is 1.25. The smallest absolute Gasteiger partial charge is 0.230 e. The van der Waals surface area contributed by atoms with Crippen molar-refractivity contribution in [3.8, 4) is 0 Å². The molecule has 1 amide bonds. The molecule has 0 spiro atoms. The number of nitrogens with one attached hydrogen (secondary N) is 1. The highest BCUT2D eigenvalue weighted by Crippen LogP contribution is 2.35. The Morgan fingerprint density at radius 2 is 2.14 bits per heavy atom. The molecule has 3 N–H and O–H groups in total. The predicted octanol–water partition coefficient (Wildman–Crippen LogP) is 1.79. The number of anilines is 2. The van der Waals surface area contributed by atoms with Crippen LogP contribution in [0.1, 0.15) is 19.4 Å². The zero-order chi connectivity index (χ0) is 10.3. The van der Waals surface area contributed by atoms with Crippen molar-refractivity contribution in [1.29, 1.82) is 0 Å². The number of hydrogen-bond donors (Lipinski definition) is 2. The second-order valence-corrected chi connectivity index (χ2v) is 4.39. The van der Waals surface area contributed by atoms with E-state index in [-0.39, 0.29) is 11.3 Å². The summed E-state index contributed by atoms with van der Waals surface area (Å²) < 4.78 is 0. The van der Waals surface area contributed by atoms with Crippen LogP contribution in [0.2, 0.25) is 0 Å². The molecule has 0 fully saturated rings. The molecule has 74 valence electrons. The van der Waals surface area contributed by atoms with Crippen LogP contribution in [0.3, 0.4) is 0 Å². The lowest BCUT2D eigenvalue weighted by molar-refractivity contribution is -0.124. The molecule has 0 bridgehead atoms. The van der Waals surface area contributed by atoms with Crippen molar-refractivity contribution < 1.29 is 4.79 Å². The minimum atomic E-state index is -0.359. The van der Waals surface area contributed by atoms with Crippen LogP contribution in [0.4, 0.5) is 11.4 Å². The Kier molecular flexibility index (Phi) is 1.77. The third-order valence-electron chi connectivity index (χ3n) is 2.69. The minimum Gasteiger partial charge on any atom is -0.398 e. The van der Waals surface area contributed by atoms with Gasteiger partial charge < -0.3 is 11.1 Å². The van der Waals surface area contributed by atoms with Gasteiger partial charge in [0.2, 0.25) is 5.91 Å². The van der Waals surface area contributed by atoms with Gasteiger partial charge in [-0.1, -0.05) is 19.9 Å². The number of fused-ring (bicyclic) bond motifs is 1. The lowest BCUT2D eigenvalue weighted by Gasteiger charge is -2.31. The zero-order valence-corrected chi connectivity index (χ0v) is 8.42. The molecule has 3 nitrogen and oxygen atoms in total. The number of nitrogens with two attached hydrogens (primary N) is 1. The number of hydrogen-bond acceptors (Lipinski definition) is 2. The van der Waals surface area contributed by atoms with Crippen LogP contribution in [-0.2, 0) is 11.2 Å². The van der Waals surface area contributed by atoms with Gasteiger partial charge in [-0.3, -0.25) is 4.79 Å². The Bertz CT molecular complexity index is 396. The summed E-state index contributed by atoms with van der Waals surface area (Å²) in [5.41, 5.74) is 8.17. The van der Waals surface area contributed by atoms with E-state index in [4.69, 9.17) is 5.73 Å². The van der Waals surface area contributed by atoms with Crippen LogP contribution in [0.25, 0.3) is 0 Å². The molecule has 1 aliphatic heterocycles. The first-order valence-corrected chi connectivity index (χ1v) is 4.69. The van der Waals surface area contributed by atoms with Crippen LogP contribution in [0, 0.1) is 5.41 Å². The molecule has 0 aliphatic carbocycles. The van der Waals surface area contributed by atoms with Crippen LogP contribution in [0.5, 0.6) is 0 Å². The minimum absolute atomic E-state index is 0.0654. The summed E-state index contributed by atoms with van der Waals surface area (Å²) >= 11 is 0. The van der Waals surface area contributed by atoms with E-state index < -0.39 is 0 Å². The summed E-state index contributed by atoms with van der Waals surface area (Å²) in [5, 5.41) is 2.87. The van der Waals surface area contributed by atoms with Crippen molar-refractivity contribution >= 4 is 17.3 Å². The second-order valence-electron chi connectivity index (χ2n) is 4.39. The van der Waals surface area contributed by atoms with E-state index in [0.717, 1.165) is 16.9 Å². The highest BCUT2D eigenvalue weighted by Gasteiger charge is 2.34. The van der Waals surface area contributed by atoms with Gasteiger partial charge in [-0.05, 0) is 24.1 Å². The Hall–Kier alpha value is -1.51. The molecule has 1 aromatic carbocycles. The van der Waals surface area contributed by atoms with Crippen molar-refractivity contribution in [2.24, 2.45) is 5.41 Å². The summed E-state index contributed by atoms with van der Waals surface area (Å²) in [4.78, 5) is 11.6. The molecule has 0 saturated heterocycles. The maximum atomic E-state index is 11.6. The lowest BCUT2D eigenvalue weighted by Crippen LogP contribution is -2.37. The monoisotopic (exact) mass is 190 g/mol. The normalized spacial score (nSPS) is 18.6. The van der Waals surface area contributed by atoms with E-state index >= 15 is 0 Å². The van der Waals surface area contributed by atoms with Crippen molar-refractivity contribution in [2.45, 2.75) is 20.3 Å². The first-order chi connectivity index (χ1) is 6.50. The topological polar surface area (TPSA) is 55.1 Å². The largest absolute Gasteiger partial charge is 0.398 e. The van der Waals surface area contributed by atoms with Gasteiger partial charge in [0.15, 0.2) is 0 Å². The summed E-state index contributed by atoms with van der Waals surface area (Å²) in [6.07, 6.45) is 0.709. The molecule has 0 radical (unpaired) electrons. The summed E-state index contributed by atoms with van der Waals surface area (Å²) in [7, 11) is 0. The Morgan fingerprint density at radius 3 is 2.86 bits per heavy atom. The molecule has 0 saturated carbocycles. The fraction of sp³-hybridized carbons (Fsp3) is 0.364. The molecule has 0 unspecified atom stereocenters.